The predicted octanol–water partition coefficient (Wildman–Crippen LogP) is 3.23. The fourth-order valence-corrected chi connectivity index (χ4v) is 3.52. The van der Waals surface area contributed by atoms with Gasteiger partial charge in [-0.2, -0.15) is 0 Å². The van der Waals surface area contributed by atoms with E-state index in [1.807, 2.05) is 54.9 Å². The van der Waals surface area contributed by atoms with Crippen LogP contribution in [0.15, 0.2) is 67.1 Å². The van der Waals surface area contributed by atoms with Crippen molar-refractivity contribution in [3.63, 3.8) is 0 Å². The Kier molecular flexibility index (Phi) is 3.44. The van der Waals surface area contributed by atoms with Crippen LogP contribution in [0.2, 0.25) is 0 Å². The first kappa shape index (κ1) is 15.1. The van der Waals surface area contributed by atoms with Crippen LogP contribution >= 0.6 is 0 Å². The lowest BCUT2D eigenvalue weighted by atomic mass is 9.98. The van der Waals surface area contributed by atoms with Gasteiger partial charge in [-0.15, -0.1) is 0 Å². The van der Waals surface area contributed by atoms with Gasteiger partial charge in [0.25, 0.3) is 0 Å². The van der Waals surface area contributed by atoms with Gasteiger partial charge in [-0.25, -0.2) is 9.97 Å². The number of pyridine rings is 2. The normalized spacial score (nSPS) is 16.0. The summed E-state index contributed by atoms with van der Waals surface area (Å²) in [5.74, 6) is 0.747. The molecule has 26 heavy (non-hydrogen) atoms. The number of rotatable bonds is 3. The molecule has 0 aliphatic carbocycles. The molecule has 0 spiro atoms. The Bertz CT molecular complexity index is 1090. The summed E-state index contributed by atoms with van der Waals surface area (Å²) in [4.78, 5) is 8.79. The molecule has 1 aliphatic heterocycles. The van der Waals surface area contributed by atoms with Crippen molar-refractivity contribution in [3.8, 4) is 11.3 Å². The zero-order valence-corrected chi connectivity index (χ0v) is 13.9. The van der Waals surface area contributed by atoms with Crippen LogP contribution < -0.4 is 10.6 Å². The number of hydrogen-bond acceptors (Lipinski definition) is 5. The van der Waals surface area contributed by atoms with Crippen LogP contribution in [0.25, 0.3) is 16.9 Å². The lowest BCUT2D eigenvalue weighted by Crippen LogP contribution is -2.11. The highest BCUT2D eigenvalue weighted by Crippen LogP contribution is 2.38. The van der Waals surface area contributed by atoms with E-state index in [1.54, 1.807) is 6.20 Å². The van der Waals surface area contributed by atoms with Crippen LogP contribution in [0.1, 0.15) is 17.4 Å². The molecule has 5 rings (SSSR count). The van der Waals surface area contributed by atoms with E-state index >= 15 is 0 Å². The molecule has 0 amide bonds. The largest absolute Gasteiger partial charge is 0.374 e. The first-order valence-electron chi connectivity index (χ1n) is 8.49. The minimum atomic E-state index is -0.713. The zero-order valence-electron chi connectivity index (χ0n) is 13.9. The molecule has 6 nitrogen and oxygen atoms in total. The van der Waals surface area contributed by atoms with E-state index in [4.69, 9.17) is 0 Å². The van der Waals surface area contributed by atoms with Crippen LogP contribution in [-0.4, -0.2) is 19.5 Å². The number of fused-ring (bicyclic) bond motifs is 2. The Hall–Kier alpha value is -3.22. The molecule has 1 aromatic carbocycles. The Labute approximate surface area is 150 Å². The average molecular weight is 343 g/mol. The lowest BCUT2D eigenvalue weighted by Gasteiger charge is -2.15. The number of imidazole rings is 1. The van der Waals surface area contributed by atoms with Crippen molar-refractivity contribution in [2.24, 2.45) is 0 Å². The maximum atomic E-state index is 10.5. The number of aliphatic hydroxyl groups excluding tert-OH is 1. The van der Waals surface area contributed by atoms with E-state index in [0.717, 1.165) is 39.5 Å². The number of hydrogen-bond donors (Lipinski definition) is 3. The van der Waals surface area contributed by atoms with Gasteiger partial charge >= 0.3 is 0 Å². The Morgan fingerprint density at radius 2 is 2.00 bits per heavy atom. The highest BCUT2D eigenvalue weighted by molar-refractivity contribution is 5.76. The predicted molar refractivity (Wildman–Crippen MR) is 99.9 cm³/mol. The molecule has 4 aromatic rings. The summed E-state index contributed by atoms with van der Waals surface area (Å²) < 4.78 is 2.06. The van der Waals surface area contributed by atoms with Crippen molar-refractivity contribution in [1.82, 2.24) is 19.7 Å². The van der Waals surface area contributed by atoms with E-state index in [-0.39, 0.29) is 0 Å². The molecule has 128 valence electrons. The molecule has 4 heterocycles. The highest BCUT2D eigenvalue weighted by atomic mass is 16.3. The number of aliphatic hydroxyl groups is 1. The van der Waals surface area contributed by atoms with E-state index < -0.39 is 6.23 Å². The van der Waals surface area contributed by atoms with Gasteiger partial charge in [0.1, 0.15) is 17.7 Å². The third kappa shape index (κ3) is 2.35. The molecule has 0 fully saturated rings. The van der Waals surface area contributed by atoms with E-state index in [0.29, 0.717) is 6.54 Å². The second-order valence-electron chi connectivity index (χ2n) is 6.25. The molecule has 1 unspecified atom stereocenters. The first-order chi connectivity index (χ1) is 12.8. The Balaban J connectivity index is 1.65. The lowest BCUT2D eigenvalue weighted by molar-refractivity contribution is 0.152. The highest BCUT2D eigenvalue weighted by Gasteiger charge is 2.27. The second kappa shape index (κ2) is 5.94. The number of anilines is 2. The maximum absolute atomic E-state index is 10.5. The fraction of sp³-hybridized carbons (Fsp3) is 0.100. The monoisotopic (exact) mass is 343 g/mol. The SMILES string of the molecule is OC1NCc2c(-c3cnc4ccccn34)ccc(Nc3ccccn3)c21. The summed E-state index contributed by atoms with van der Waals surface area (Å²) in [5, 5.41) is 16.9. The van der Waals surface area contributed by atoms with Crippen LogP contribution in [0.4, 0.5) is 11.5 Å². The number of aromatic nitrogens is 3. The van der Waals surface area contributed by atoms with Crippen molar-refractivity contribution >= 4 is 17.2 Å². The van der Waals surface area contributed by atoms with Gasteiger partial charge < -0.3 is 10.4 Å². The molecule has 1 aliphatic rings. The summed E-state index contributed by atoms with van der Waals surface area (Å²) >= 11 is 0. The smallest absolute Gasteiger partial charge is 0.137 e. The topological polar surface area (TPSA) is 74.5 Å². The third-order valence-electron chi connectivity index (χ3n) is 4.72. The van der Waals surface area contributed by atoms with Crippen molar-refractivity contribution in [2.75, 3.05) is 5.32 Å². The average Bonchev–Trinajstić information content (AvgIpc) is 3.28. The Morgan fingerprint density at radius 3 is 2.88 bits per heavy atom. The number of nitrogens with zero attached hydrogens (tertiary/aromatic N) is 3. The second-order valence-corrected chi connectivity index (χ2v) is 6.25. The van der Waals surface area contributed by atoms with Crippen molar-refractivity contribution in [3.05, 3.63) is 78.2 Å². The van der Waals surface area contributed by atoms with Crippen molar-refractivity contribution < 1.29 is 5.11 Å². The molecule has 0 saturated heterocycles. The molecule has 0 radical (unpaired) electrons. The van der Waals surface area contributed by atoms with Crippen molar-refractivity contribution in [2.45, 2.75) is 12.8 Å². The minimum absolute atomic E-state index is 0.601. The Morgan fingerprint density at radius 1 is 1.08 bits per heavy atom. The van der Waals surface area contributed by atoms with Crippen molar-refractivity contribution in [1.29, 1.82) is 0 Å². The summed E-state index contributed by atoms with van der Waals surface area (Å²) in [6.07, 6.45) is 4.91. The zero-order chi connectivity index (χ0) is 17.5. The number of nitrogens with one attached hydrogen (secondary N) is 2. The molecular weight excluding hydrogens is 326 g/mol. The van der Waals surface area contributed by atoms with Crippen LogP contribution in [0, 0.1) is 0 Å². The van der Waals surface area contributed by atoms with E-state index in [1.165, 1.54) is 0 Å². The summed E-state index contributed by atoms with van der Waals surface area (Å²) in [6.45, 7) is 0.601. The quantitative estimate of drug-likeness (QED) is 0.532. The van der Waals surface area contributed by atoms with Gasteiger partial charge in [-0.1, -0.05) is 18.2 Å². The van der Waals surface area contributed by atoms with Gasteiger partial charge in [0, 0.05) is 35.8 Å². The maximum Gasteiger partial charge on any atom is 0.137 e. The third-order valence-corrected chi connectivity index (χ3v) is 4.72. The van der Waals surface area contributed by atoms with Crippen LogP contribution in [-0.2, 0) is 6.54 Å². The van der Waals surface area contributed by atoms with E-state index in [9.17, 15) is 5.11 Å². The van der Waals surface area contributed by atoms with Gasteiger partial charge in [-0.3, -0.25) is 9.72 Å². The van der Waals surface area contributed by atoms with Gasteiger partial charge in [-0.05, 0) is 35.9 Å². The van der Waals surface area contributed by atoms with Gasteiger partial charge in [0.15, 0.2) is 0 Å². The molecule has 3 N–H and O–H groups in total. The molecule has 0 saturated carbocycles. The van der Waals surface area contributed by atoms with Crippen LogP contribution in [0.3, 0.4) is 0 Å². The minimum Gasteiger partial charge on any atom is -0.374 e. The van der Waals surface area contributed by atoms with Crippen LogP contribution in [0.5, 0.6) is 0 Å². The molecule has 3 aromatic heterocycles. The molecule has 0 bridgehead atoms. The standard InChI is InChI=1S/C20H17N5O/c26-20-19-14(11-23-20)13(16-12-22-18-6-2-4-10-25(16)18)7-8-15(19)24-17-5-1-3-9-21-17/h1-10,12,20,23,26H,11H2,(H,21,24). The summed E-state index contributed by atoms with van der Waals surface area (Å²) in [7, 11) is 0. The van der Waals surface area contributed by atoms with E-state index in [2.05, 4.69) is 31.1 Å². The van der Waals surface area contributed by atoms with Gasteiger partial charge in [0.2, 0.25) is 0 Å². The molecular formula is C20H17N5O. The first-order valence-corrected chi connectivity index (χ1v) is 8.49. The molecule has 1 atom stereocenters. The summed E-state index contributed by atoms with van der Waals surface area (Å²) in [5.41, 5.74) is 5.77. The summed E-state index contributed by atoms with van der Waals surface area (Å²) in [6, 6.07) is 15.7. The van der Waals surface area contributed by atoms with Gasteiger partial charge in [0.05, 0.1) is 11.9 Å². The molecule has 6 heteroatoms. The fourth-order valence-electron chi connectivity index (χ4n) is 3.52. The number of benzene rings is 1.